The van der Waals surface area contributed by atoms with Gasteiger partial charge in [0.15, 0.2) is 5.82 Å². The summed E-state index contributed by atoms with van der Waals surface area (Å²) >= 11 is 0. The number of nitrogens with zero attached hydrogens (tertiary/aromatic N) is 2. The minimum Gasteiger partial charge on any atom is -0.478 e. The molecule has 1 heterocycles. The SMILES string of the molecule is Cc1ccc(-c2cccc(-c3nc(-c4ccc(C(C)(C)C)cc4)cc(C(F)(F)F)n3)c2)cc1C(=O)O. The van der Waals surface area contributed by atoms with E-state index in [0.717, 1.165) is 11.6 Å². The Balaban J connectivity index is 1.82. The van der Waals surface area contributed by atoms with E-state index in [1.807, 2.05) is 12.1 Å². The molecule has 0 fully saturated rings. The van der Waals surface area contributed by atoms with Crippen LogP contribution < -0.4 is 0 Å². The lowest BCUT2D eigenvalue weighted by molar-refractivity contribution is -0.141. The molecule has 0 atom stereocenters. The third kappa shape index (κ3) is 5.30. The van der Waals surface area contributed by atoms with E-state index < -0.39 is 17.8 Å². The van der Waals surface area contributed by atoms with Gasteiger partial charge in [0.2, 0.25) is 0 Å². The summed E-state index contributed by atoms with van der Waals surface area (Å²) in [7, 11) is 0. The highest BCUT2D eigenvalue weighted by Crippen LogP contribution is 2.34. The van der Waals surface area contributed by atoms with Crippen molar-refractivity contribution < 1.29 is 23.1 Å². The van der Waals surface area contributed by atoms with Crippen molar-refractivity contribution in [2.45, 2.75) is 39.3 Å². The number of benzene rings is 3. The van der Waals surface area contributed by atoms with Crippen molar-refractivity contribution in [1.29, 1.82) is 0 Å². The quantitative estimate of drug-likeness (QED) is 0.317. The van der Waals surface area contributed by atoms with Crippen molar-refractivity contribution in [3.8, 4) is 33.8 Å². The Morgan fingerprint density at radius 3 is 2.00 bits per heavy atom. The summed E-state index contributed by atoms with van der Waals surface area (Å²) in [6.45, 7) is 7.89. The normalized spacial score (nSPS) is 12.0. The Bertz CT molecular complexity index is 1440. The second-order valence-corrected chi connectivity index (χ2v) is 9.70. The molecule has 184 valence electrons. The fourth-order valence-electron chi connectivity index (χ4n) is 3.88. The zero-order valence-electron chi connectivity index (χ0n) is 20.3. The Labute approximate surface area is 207 Å². The first kappa shape index (κ1) is 25.1. The molecule has 36 heavy (non-hydrogen) atoms. The summed E-state index contributed by atoms with van der Waals surface area (Å²) in [6.07, 6.45) is -4.65. The summed E-state index contributed by atoms with van der Waals surface area (Å²) in [5.41, 5.74) is 3.10. The first-order valence-corrected chi connectivity index (χ1v) is 11.3. The molecule has 1 N–H and O–H groups in total. The van der Waals surface area contributed by atoms with Gasteiger partial charge in [-0.05, 0) is 52.8 Å². The van der Waals surface area contributed by atoms with Crippen LogP contribution in [0.5, 0.6) is 0 Å². The summed E-state index contributed by atoms with van der Waals surface area (Å²) in [6, 6.07) is 20.0. The molecule has 0 saturated carbocycles. The molecule has 0 saturated heterocycles. The van der Waals surface area contributed by atoms with Gasteiger partial charge in [0.25, 0.3) is 0 Å². The molecule has 4 nitrogen and oxygen atoms in total. The Hall–Kier alpha value is -4.00. The van der Waals surface area contributed by atoms with Crippen molar-refractivity contribution in [2.75, 3.05) is 0 Å². The van der Waals surface area contributed by atoms with E-state index in [9.17, 15) is 23.1 Å². The number of hydrogen-bond acceptors (Lipinski definition) is 3. The molecule has 0 aliphatic heterocycles. The van der Waals surface area contributed by atoms with Gasteiger partial charge in [0, 0.05) is 11.1 Å². The van der Waals surface area contributed by atoms with Crippen LogP contribution in [-0.2, 0) is 11.6 Å². The second-order valence-electron chi connectivity index (χ2n) is 9.70. The zero-order chi connectivity index (χ0) is 26.3. The molecule has 0 amide bonds. The molecule has 0 bridgehead atoms. The molecule has 4 rings (SSSR count). The Morgan fingerprint density at radius 1 is 0.778 bits per heavy atom. The molecule has 0 unspecified atom stereocenters. The number of carbonyl (C=O) groups is 1. The van der Waals surface area contributed by atoms with Gasteiger partial charge in [0.05, 0.1) is 11.3 Å². The number of carboxylic acid groups (broad SMARTS) is 1. The molecule has 4 aromatic rings. The van der Waals surface area contributed by atoms with Crippen LogP contribution in [0.1, 0.15) is 48.0 Å². The lowest BCUT2D eigenvalue weighted by Gasteiger charge is -2.19. The van der Waals surface area contributed by atoms with Gasteiger partial charge in [-0.15, -0.1) is 0 Å². The standard InChI is InChI=1S/C29H25F3N2O2/c1-17-8-9-20(15-23(17)27(35)36)19-6-5-7-21(14-19)26-33-24(16-25(34-26)29(30,31)32)18-10-12-22(13-11-18)28(2,3)4/h5-16H,1-4H3,(H,35,36). The van der Waals surface area contributed by atoms with Gasteiger partial charge in [-0.2, -0.15) is 13.2 Å². The van der Waals surface area contributed by atoms with E-state index in [2.05, 4.69) is 30.7 Å². The van der Waals surface area contributed by atoms with Crippen LogP contribution in [-0.4, -0.2) is 21.0 Å². The van der Waals surface area contributed by atoms with E-state index >= 15 is 0 Å². The van der Waals surface area contributed by atoms with Crippen molar-refractivity contribution in [3.63, 3.8) is 0 Å². The summed E-state index contributed by atoms with van der Waals surface area (Å²) in [5, 5.41) is 9.45. The van der Waals surface area contributed by atoms with Crippen LogP contribution in [0.25, 0.3) is 33.8 Å². The van der Waals surface area contributed by atoms with Gasteiger partial charge in [-0.1, -0.05) is 75.4 Å². The van der Waals surface area contributed by atoms with Crippen LogP contribution in [0, 0.1) is 6.92 Å². The summed E-state index contributed by atoms with van der Waals surface area (Å²) < 4.78 is 41.3. The fourth-order valence-corrected chi connectivity index (χ4v) is 3.88. The first-order chi connectivity index (χ1) is 16.8. The number of carboxylic acids is 1. The molecule has 0 spiro atoms. The van der Waals surface area contributed by atoms with E-state index in [0.29, 0.717) is 27.8 Å². The molecule has 0 radical (unpaired) electrons. The number of aryl methyl sites for hydroxylation is 1. The Morgan fingerprint density at radius 2 is 1.39 bits per heavy atom. The second kappa shape index (κ2) is 9.22. The zero-order valence-corrected chi connectivity index (χ0v) is 20.3. The molecule has 0 aliphatic rings. The predicted octanol–water partition coefficient (Wildman–Crippen LogP) is 7.80. The monoisotopic (exact) mass is 490 g/mol. The van der Waals surface area contributed by atoms with E-state index in [1.165, 1.54) is 0 Å². The van der Waals surface area contributed by atoms with Crippen molar-refractivity contribution in [3.05, 3.63) is 95.2 Å². The van der Waals surface area contributed by atoms with Crippen LogP contribution >= 0.6 is 0 Å². The average molecular weight is 491 g/mol. The van der Waals surface area contributed by atoms with Gasteiger partial charge in [-0.3, -0.25) is 0 Å². The largest absolute Gasteiger partial charge is 0.478 e. The molecule has 1 aromatic heterocycles. The number of rotatable bonds is 4. The first-order valence-electron chi connectivity index (χ1n) is 11.3. The summed E-state index contributed by atoms with van der Waals surface area (Å²) in [5.74, 6) is -1.11. The van der Waals surface area contributed by atoms with Crippen LogP contribution in [0.15, 0.2) is 72.8 Å². The van der Waals surface area contributed by atoms with Crippen LogP contribution in [0.3, 0.4) is 0 Å². The Kier molecular flexibility index (Phi) is 6.43. The average Bonchev–Trinajstić information content (AvgIpc) is 2.83. The maximum Gasteiger partial charge on any atom is 0.433 e. The predicted molar refractivity (Wildman–Crippen MR) is 134 cm³/mol. The number of aromatic nitrogens is 2. The molecule has 3 aromatic carbocycles. The van der Waals surface area contributed by atoms with Crippen molar-refractivity contribution in [1.82, 2.24) is 9.97 Å². The third-order valence-corrected chi connectivity index (χ3v) is 5.99. The summed E-state index contributed by atoms with van der Waals surface area (Å²) in [4.78, 5) is 19.8. The maximum absolute atomic E-state index is 13.8. The lowest BCUT2D eigenvalue weighted by Crippen LogP contribution is -2.11. The minimum absolute atomic E-state index is 0.0628. The highest BCUT2D eigenvalue weighted by atomic mass is 19.4. The molecule has 0 aliphatic carbocycles. The van der Waals surface area contributed by atoms with Gasteiger partial charge in [0.1, 0.15) is 5.69 Å². The van der Waals surface area contributed by atoms with E-state index in [1.54, 1.807) is 61.5 Å². The molecular formula is C29H25F3N2O2. The van der Waals surface area contributed by atoms with E-state index in [-0.39, 0.29) is 22.5 Å². The van der Waals surface area contributed by atoms with Gasteiger partial charge >= 0.3 is 12.1 Å². The molecular weight excluding hydrogens is 465 g/mol. The van der Waals surface area contributed by atoms with Crippen molar-refractivity contribution >= 4 is 5.97 Å². The van der Waals surface area contributed by atoms with Crippen LogP contribution in [0.2, 0.25) is 0 Å². The minimum atomic E-state index is -4.65. The number of alkyl halides is 3. The fraction of sp³-hybridized carbons (Fsp3) is 0.207. The third-order valence-electron chi connectivity index (χ3n) is 5.99. The highest BCUT2D eigenvalue weighted by Gasteiger charge is 2.34. The van der Waals surface area contributed by atoms with Gasteiger partial charge in [-0.25, -0.2) is 14.8 Å². The number of halogens is 3. The number of aromatic carboxylic acids is 1. The number of hydrogen-bond donors (Lipinski definition) is 1. The smallest absolute Gasteiger partial charge is 0.433 e. The van der Waals surface area contributed by atoms with Crippen molar-refractivity contribution in [2.24, 2.45) is 0 Å². The topological polar surface area (TPSA) is 63.1 Å². The maximum atomic E-state index is 13.8. The lowest BCUT2D eigenvalue weighted by atomic mass is 9.86. The van der Waals surface area contributed by atoms with E-state index in [4.69, 9.17) is 0 Å². The van der Waals surface area contributed by atoms with Gasteiger partial charge < -0.3 is 5.11 Å². The highest BCUT2D eigenvalue weighted by molar-refractivity contribution is 5.91. The molecule has 7 heteroatoms. The van der Waals surface area contributed by atoms with Crippen LogP contribution in [0.4, 0.5) is 13.2 Å².